The third-order valence-corrected chi connectivity index (χ3v) is 8.71. The molecule has 1 atom stereocenters. The highest BCUT2D eigenvalue weighted by Gasteiger charge is 2.51. The molecule has 0 saturated carbocycles. The Balaban J connectivity index is 1.46. The Hall–Kier alpha value is -3.50. The predicted octanol–water partition coefficient (Wildman–Crippen LogP) is 3.52. The molecule has 0 aromatic heterocycles. The van der Waals surface area contributed by atoms with E-state index in [-0.39, 0.29) is 17.3 Å². The van der Waals surface area contributed by atoms with Crippen LogP contribution < -0.4 is 20.9 Å². The van der Waals surface area contributed by atoms with Gasteiger partial charge in [0.05, 0.1) is 11.4 Å². The van der Waals surface area contributed by atoms with Crippen LogP contribution >= 0.6 is 12.2 Å². The molecule has 34 heavy (non-hydrogen) atoms. The average molecular weight is 497 g/mol. The number of fused-ring (bicyclic) bond motifs is 1. The van der Waals surface area contributed by atoms with Gasteiger partial charge in [-0.25, -0.2) is 17.6 Å². The molecule has 5 rings (SSSR count). The van der Waals surface area contributed by atoms with E-state index in [0.717, 1.165) is 11.3 Å². The van der Waals surface area contributed by atoms with Gasteiger partial charge in [0.25, 0.3) is 0 Å². The summed E-state index contributed by atoms with van der Waals surface area (Å²) < 4.78 is 40.9. The third kappa shape index (κ3) is 3.68. The number of thiocarbonyl (C=S) groups is 1. The topological polar surface area (TPSA) is 90.5 Å². The summed E-state index contributed by atoms with van der Waals surface area (Å²) in [4.78, 5) is 12.5. The lowest BCUT2D eigenvalue weighted by molar-refractivity contribution is 0.246. The number of urea groups is 1. The number of hydrogen-bond donors (Lipinski definition) is 3. The molecule has 0 radical (unpaired) electrons. The second kappa shape index (κ2) is 8.37. The number of nitrogens with one attached hydrogen (secondary N) is 3. The smallest absolute Gasteiger partial charge is 0.316 e. The van der Waals surface area contributed by atoms with Crippen molar-refractivity contribution in [1.82, 2.24) is 10.6 Å². The minimum atomic E-state index is -4.00. The number of halogens is 1. The van der Waals surface area contributed by atoms with Gasteiger partial charge in [-0.05, 0) is 72.2 Å². The molecule has 2 aliphatic heterocycles. The Morgan fingerprint density at radius 1 is 1.06 bits per heavy atom. The van der Waals surface area contributed by atoms with E-state index in [2.05, 4.69) is 16.0 Å². The maximum atomic E-state index is 13.8. The molecule has 1 fully saturated rings. The Morgan fingerprint density at radius 3 is 2.47 bits per heavy atom. The zero-order chi connectivity index (χ0) is 23.9. The summed E-state index contributed by atoms with van der Waals surface area (Å²) in [6.07, 6.45) is 0.604. The van der Waals surface area contributed by atoms with Crippen LogP contribution in [0.4, 0.5) is 20.6 Å². The lowest BCUT2D eigenvalue weighted by Crippen LogP contribution is -2.47. The van der Waals surface area contributed by atoms with Gasteiger partial charge < -0.3 is 20.9 Å². The predicted molar refractivity (Wildman–Crippen MR) is 132 cm³/mol. The van der Waals surface area contributed by atoms with Crippen LogP contribution in [-0.2, 0) is 21.1 Å². The van der Waals surface area contributed by atoms with Crippen LogP contribution in [0.25, 0.3) is 0 Å². The van der Waals surface area contributed by atoms with Crippen molar-refractivity contribution in [2.45, 2.75) is 16.2 Å². The summed E-state index contributed by atoms with van der Waals surface area (Å²) in [5.74, 6) is -0.335. The van der Waals surface area contributed by atoms with E-state index >= 15 is 0 Å². The molecule has 0 bridgehead atoms. The SMILES string of the molecule is O=C1NCC(c2ccccc2)(S(=O)(=O)c2ccc3c(c2)CCN3C(=S)Nc2ccc(F)cc2)N1. The average Bonchev–Trinajstić information content (AvgIpc) is 3.45. The van der Waals surface area contributed by atoms with Gasteiger partial charge in [0, 0.05) is 17.9 Å². The fraction of sp³-hybridized carbons (Fsp3) is 0.167. The van der Waals surface area contributed by atoms with Crippen molar-refractivity contribution >= 4 is 44.6 Å². The third-order valence-electron chi connectivity index (χ3n) is 6.11. The van der Waals surface area contributed by atoms with Crippen molar-refractivity contribution in [2.24, 2.45) is 0 Å². The molecule has 1 saturated heterocycles. The number of hydrogen-bond acceptors (Lipinski definition) is 4. The molecular formula is C24H21FN4O3S2. The maximum Gasteiger partial charge on any atom is 0.316 e. The van der Waals surface area contributed by atoms with Crippen molar-refractivity contribution in [3.63, 3.8) is 0 Å². The van der Waals surface area contributed by atoms with Gasteiger partial charge in [-0.3, -0.25) is 0 Å². The van der Waals surface area contributed by atoms with Gasteiger partial charge in [0.15, 0.2) is 9.98 Å². The van der Waals surface area contributed by atoms with Crippen LogP contribution in [0, 0.1) is 5.82 Å². The molecule has 1 unspecified atom stereocenters. The monoisotopic (exact) mass is 496 g/mol. The molecule has 2 amide bonds. The largest absolute Gasteiger partial charge is 0.334 e. The highest BCUT2D eigenvalue weighted by Crippen LogP contribution is 2.38. The van der Waals surface area contributed by atoms with E-state index in [9.17, 15) is 17.6 Å². The minimum absolute atomic E-state index is 0.0763. The summed E-state index contributed by atoms with van der Waals surface area (Å²) in [6, 6.07) is 19.0. The summed E-state index contributed by atoms with van der Waals surface area (Å²) in [5.41, 5.74) is 2.79. The molecule has 3 aromatic carbocycles. The van der Waals surface area contributed by atoms with Crippen molar-refractivity contribution in [3.8, 4) is 0 Å². The zero-order valence-corrected chi connectivity index (χ0v) is 19.5. The zero-order valence-electron chi connectivity index (χ0n) is 17.9. The molecule has 3 aromatic rings. The van der Waals surface area contributed by atoms with Gasteiger partial charge in [-0.15, -0.1) is 0 Å². The van der Waals surface area contributed by atoms with Gasteiger partial charge in [0.1, 0.15) is 5.82 Å². The van der Waals surface area contributed by atoms with E-state index in [1.165, 1.54) is 12.1 Å². The molecule has 2 aliphatic rings. The lowest BCUT2D eigenvalue weighted by atomic mass is 10.1. The van der Waals surface area contributed by atoms with E-state index in [4.69, 9.17) is 12.2 Å². The lowest BCUT2D eigenvalue weighted by Gasteiger charge is -2.28. The number of anilines is 2. The van der Waals surface area contributed by atoms with Crippen molar-refractivity contribution in [2.75, 3.05) is 23.3 Å². The number of carbonyl (C=O) groups excluding carboxylic acids is 1. The van der Waals surface area contributed by atoms with Crippen LogP contribution in [0.5, 0.6) is 0 Å². The van der Waals surface area contributed by atoms with Gasteiger partial charge >= 0.3 is 6.03 Å². The Bertz CT molecular complexity index is 1380. The molecule has 174 valence electrons. The van der Waals surface area contributed by atoms with Crippen LogP contribution in [0.15, 0.2) is 77.7 Å². The van der Waals surface area contributed by atoms with Crippen LogP contribution in [0.2, 0.25) is 0 Å². The number of amides is 2. The first-order chi connectivity index (χ1) is 16.3. The van der Waals surface area contributed by atoms with Crippen molar-refractivity contribution in [1.29, 1.82) is 0 Å². The normalized spacial score (nSPS) is 19.3. The second-order valence-electron chi connectivity index (χ2n) is 8.13. The van der Waals surface area contributed by atoms with Crippen molar-refractivity contribution in [3.05, 3.63) is 89.7 Å². The quantitative estimate of drug-likeness (QED) is 0.479. The van der Waals surface area contributed by atoms with Crippen LogP contribution in [-0.4, -0.2) is 32.7 Å². The highest BCUT2D eigenvalue weighted by molar-refractivity contribution is 7.92. The summed E-state index contributed by atoms with van der Waals surface area (Å²) >= 11 is 5.54. The number of nitrogens with zero attached hydrogens (tertiary/aromatic N) is 1. The fourth-order valence-electron chi connectivity index (χ4n) is 4.36. The van der Waals surface area contributed by atoms with E-state index in [1.807, 2.05) is 4.90 Å². The first-order valence-corrected chi connectivity index (χ1v) is 12.5. The summed E-state index contributed by atoms with van der Waals surface area (Å²) in [6.45, 7) is 0.501. The van der Waals surface area contributed by atoms with Crippen molar-refractivity contribution < 1.29 is 17.6 Å². The first kappa shape index (κ1) is 22.3. The van der Waals surface area contributed by atoms with E-state index in [1.54, 1.807) is 60.7 Å². The Kier molecular flexibility index (Phi) is 5.49. The van der Waals surface area contributed by atoms with E-state index in [0.29, 0.717) is 29.3 Å². The first-order valence-electron chi connectivity index (χ1n) is 10.6. The molecule has 2 heterocycles. The maximum absolute atomic E-state index is 13.8. The second-order valence-corrected chi connectivity index (χ2v) is 10.7. The molecular weight excluding hydrogens is 475 g/mol. The highest BCUT2D eigenvalue weighted by atomic mass is 32.2. The van der Waals surface area contributed by atoms with E-state index < -0.39 is 20.7 Å². The summed E-state index contributed by atoms with van der Waals surface area (Å²) in [5, 5.41) is 8.77. The molecule has 3 N–H and O–H groups in total. The summed E-state index contributed by atoms with van der Waals surface area (Å²) in [7, 11) is -4.00. The van der Waals surface area contributed by atoms with Crippen LogP contribution in [0.1, 0.15) is 11.1 Å². The Labute approximate surface area is 201 Å². The number of benzene rings is 3. The molecule has 10 heteroatoms. The number of carbonyl (C=O) groups is 1. The van der Waals surface area contributed by atoms with Gasteiger partial charge in [-0.2, -0.15) is 0 Å². The fourth-order valence-corrected chi connectivity index (χ4v) is 6.55. The minimum Gasteiger partial charge on any atom is -0.334 e. The standard InChI is InChI=1S/C24H21FN4O3S2/c25-18-6-8-19(9-7-18)27-23(33)29-13-12-16-14-20(10-11-21(16)29)34(31,32)24(15-26-22(30)28-24)17-4-2-1-3-5-17/h1-11,14H,12-13,15H2,(H,27,33)(H2,26,28,30). The molecule has 7 nitrogen and oxygen atoms in total. The molecule has 0 spiro atoms. The van der Waals surface area contributed by atoms with Crippen LogP contribution in [0.3, 0.4) is 0 Å². The molecule has 0 aliphatic carbocycles. The van der Waals surface area contributed by atoms with Gasteiger partial charge in [0.2, 0.25) is 9.84 Å². The number of rotatable bonds is 4. The Morgan fingerprint density at radius 2 is 1.79 bits per heavy atom. The van der Waals surface area contributed by atoms with Gasteiger partial charge in [-0.1, -0.05) is 30.3 Å². The number of sulfone groups is 1.